The first-order chi connectivity index (χ1) is 10.4. The second-order valence-electron chi connectivity index (χ2n) is 5.83. The van der Waals surface area contributed by atoms with Crippen molar-refractivity contribution < 1.29 is 18.0 Å². The summed E-state index contributed by atoms with van der Waals surface area (Å²) in [5, 5.41) is 6.25. The number of carbonyl (C=O) groups is 1. The van der Waals surface area contributed by atoms with Crippen LogP contribution in [0.25, 0.3) is 0 Å². The number of benzene rings is 1. The van der Waals surface area contributed by atoms with E-state index in [1.807, 2.05) is 0 Å². The molecule has 0 aliphatic carbocycles. The molecule has 1 heterocycles. The number of rotatable bonds is 4. The van der Waals surface area contributed by atoms with Gasteiger partial charge in [0.15, 0.2) is 0 Å². The first kappa shape index (κ1) is 16.8. The lowest BCUT2D eigenvalue weighted by molar-refractivity contribution is -0.137. The van der Waals surface area contributed by atoms with Gasteiger partial charge in [-0.15, -0.1) is 0 Å². The highest BCUT2D eigenvalue weighted by Crippen LogP contribution is 2.29. The number of amides is 1. The highest BCUT2D eigenvalue weighted by atomic mass is 19.4. The van der Waals surface area contributed by atoms with Gasteiger partial charge >= 0.3 is 6.18 Å². The molecule has 0 spiro atoms. The molecule has 1 atom stereocenters. The van der Waals surface area contributed by atoms with Crippen LogP contribution in [0.5, 0.6) is 0 Å². The lowest BCUT2D eigenvalue weighted by atomic mass is 9.98. The van der Waals surface area contributed by atoms with Gasteiger partial charge in [0.25, 0.3) is 0 Å². The van der Waals surface area contributed by atoms with Crippen molar-refractivity contribution in [3.63, 3.8) is 0 Å². The Balaban J connectivity index is 1.87. The lowest BCUT2D eigenvalue weighted by Gasteiger charge is -2.25. The largest absolute Gasteiger partial charge is 0.416 e. The molecule has 0 saturated carbocycles. The van der Waals surface area contributed by atoms with Crippen molar-refractivity contribution in [2.24, 2.45) is 5.92 Å². The average molecular weight is 314 g/mol. The van der Waals surface area contributed by atoms with Gasteiger partial charge in [-0.3, -0.25) is 4.79 Å². The summed E-state index contributed by atoms with van der Waals surface area (Å²) < 4.78 is 37.5. The summed E-state index contributed by atoms with van der Waals surface area (Å²) in [6.07, 6.45) is -2.05. The maximum absolute atomic E-state index is 12.5. The molecular weight excluding hydrogens is 293 g/mol. The average Bonchev–Trinajstić information content (AvgIpc) is 2.48. The molecule has 0 bridgehead atoms. The summed E-state index contributed by atoms with van der Waals surface area (Å²) in [6.45, 7) is 3.60. The van der Waals surface area contributed by atoms with E-state index in [9.17, 15) is 18.0 Å². The fraction of sp³-hybridized carbons (Fsp3) is 0.562. The fourth-order valence-electron chi connectivity index (χ4n) is 2.59. The zero-order valence-electron chi connectivity index (χ0n) is 12.5. The van der Waals surface area contributed by atoms with Crippen molar-refractivity contribution in [2.75, 3.05) is 13.1 Å². The summed E-state index contributed by atoms with van der Waals surface area (Å²) in [5.74, 6) is -0.293. The molecule has 122 valence electrons. The molecule has 0 radical (unpaired) electrons. The van der Waals surface area contributed by atoms with Crippen molar-refractivity contribution in [3.05, 3.63) is 35.4 Å². The molecule has 2 rings (SSSR count). The van der Waals surface area contributed by atoms with Gasteiger partial charge in [0.1, 0.15) is 0 Å². The zero-order valence-corrected chi connectivity index (χ0v) is 12.5. The van der Waals surface area contributed by atoms with Crippen LogP contribution in [0, 0.1) is 5.92 Å². The maximum atomic E-state index is 12.5. The molecule has 1 unspecified atom stereocenters. The molecule has 22 heavy (non-hydrogen) atoms. The zero-order chi connectivity index (χ0) is 16.2. The van der Waals surface area contributed by atoms with E-state index < -0.39 is 11.7 Å². The van der Waals surface area contributed by atoms with Gasteiger partial charge in [-0.25, -0.2) is 0 Å². The number of nitrogens with one attached hydrogen (secondary N) is 2. The summed E-state index contributed by atoms with van der Waals surface area (Å²) >= 11 is 0. The van der Waals surface area contributed by atoms with E-state index >= 15 is 0 Å². The van der Waals surface area contributed by atoms with Crippen LogP contribution in [0.3, 0.4) is 0 Å². The monoisotopic (exact) mass is 314 g/mol. The predicted molar refractivity (Wildman–Crippen MR) is 78.3 cm³/mol. The normalized spacial score (nSPS) is 18.0. The smallest absolute Gasteiger partial charge is 0.353 e. The van der Waals surface area contributed by atoms with E-state index in [4.69, 9.17) is 0 Å². The number of carbonyl (C=O) groups excluding carboxylic acids is 1. The summed E-state index contributed by atoms with van der Waals surface area (Å²) in [7, 11) is 0. The minimum atomic E-state index is -4.32. The van der Waals surface area contributed by atoms with Crippen LogP contribution in [0.15, 0.2) is 24.3 Å². The van der Waals surface area contributed by atoms with Gasteiger partial charge in [-0.05, 0) is 50.0 Å². The van der Waals surface area contributed by atoms with Gasteiger partial charge in [0.2, 0.25) is 5.91 Å². The molecule has 1 saturated heterocycles. The van der Waals surface area contributed by atoms with E-state index in [0.29, 0.717) is 6.42 Å². The quantitative estimate of drug-likeness (QED) is 0.897. The first-order valence-corrected chi connectivity index (χ1v) is 7.53. The molecule has 2 N–H and O–H groups in total. The second-order valence-corrected chi connectivity index (χ2v) is 5.83. The van der Waals surface area contributed by atoms with Gasteiger partial charge in [0, 0.05) is 12.0 Å². The molecule has 1 aliphatic rings. The lowest BCUT2D eigenvalue weighted by Crippen LogP contribution is -2.44. The fourth-order valence-corrected chi connectivity index (χ4v) is 2.59. The Hall–Kier alpha value is -1.56. The third kappa shape index (κ3) is 4.73. The van der Waals surface area contributed by atoms with Crippen LogP contribution in [-0.2, 0) is 17.4 Å². The van der Waals surface area contributed by atoms with Crippen LogP contribution in [-0.4, -0.2) is 25.0 Å². The third-order valence-corrected chi connectivity index (χ3v) is 3.96. The van der Waals surface area contributed by atoms with Gasteiger partial charge in [-0.2, -0.15) is 13.2 Å². The SMILES string of the molecule is CC(Cc1ccc(C(F)(F)F)cc1)C(=O)NC1CCNCC1. The molecule has 1 fully saturated rings. The molecule has 1 aliphatic heterocycles. The molecule has 1 aromatic carbocycles. The Morgan fingerprint density at radius 2 is 1.86 bits per heavy atom. The van der Waals surface area contributed by atoms with Gasteiger partial charge < -0.3 is 10.6 Å². The summed E-state index contributed by atoms with van der Waals surface area (Å²) in [6, 6.07) is 5.21. The number of alkyl halides is 3. The predicted octanol–water partition coefficient (Wildman–Crippen LogP) is 2.75. The molecule has 1 aromatic rings. The molecule has 3 nitrogen and oxygen atoms in total. The minimum Gasteiger partial charge on any atom is -0.353 e. The van der Waals surface area contributed by atoms with E-state index in [2.05, 4.69) is 10.6 Å². The third-order valence-electron chi connectivity index (χ3n) is 3.96. The van der Waals surface area contributed by atoms with Crippen molar-refractivity contribution in [3.8, 4) is 0 Å². The number of halogens is 3. The van der Waals surface area contributed by atoms with E-state index in [1.165, 1.54) is 12.1 Å². The van der Waals surface area contributed by atoms with Crippen LogP contribution in [0.4, 0.5) is 13.2 Å². The second kappa shape index (κ2) is 7.13. The highest BCUT2D eigenvalue weighted by molar-refractivity contribution is 5.78. The molecule has 6 heteroatoms. The van der Waals surface area contributed by atoms with Crippen LogP contribution >= 0.6 is 0 Å². The van der Waals surface area contributed by atoms with Crippen LogP contribution in [0.2, 0.25) is 0 Å². The van der Waals surface area contributed by atoms with Crippen molar-refractivity contribution in [1.82, 2.24) is 10.6 Å². The van der Waals surface area contributed by atoms with Crippen LogP contribution < -0.4 is 10.6 Å². The maximum Gasteiger partial charge on any atom is 0.416 e. The number of hydrogen-bond donors (Lipinski definition) is 2. The Morgan fingerprint density at radius 1 is 1.27 bits per heavy atom. The Bertz CT molecular complexity index is 493. The van der Waals surface area contributed by atoms with Gasteiger partial charge in [-0.1, -0.05) is 19.1 Å². The van der Waals surface area contributed by atoms with Crippen molar-refractivity contribution in [1.29, 1.82) is 0 Å². The van der Waals surface area contributed by atoms with E-state index in [1.54, 1.807) is 6.92 Å². The number of piperidine rings is 1. The number of hydrogen-bond acceptors (Lipinski definition) is 2. The van der Waals surface area contributed by atoms with Crippen LogP contribution in [0.1, 0.15) is 30.9 Å². The summed E-state index contributed by atoms with van der Waals surface area (Å²) in [5.41, 5.74) is 0.0732. The Morgan fingerprint density at radius 3 is 2.41 bits per heavy atom. The van der Waals surface area contributed by atoms with Crippen molar-refractivity contribution in [2.45, 2.75) is 38.4 Å². The Kier molecular flexibility index (Phi) is 5.45. The highest BCUT2D eigenvalue weighted by Gasteiger charge is 2.30. The first-order valence-electron chi connectivity index (χ1n) is 7.53. The van der Waals surface area contributed by atoms with E-state index in [0.717, 1.165) is 43.6 Å². The van der Waals surface area contributed by atoms with E-state index in [-0.39, 0.29) is 17.9 Å². The summed E-state index contributed by atoms with van der Waals surface area (Å²) in [4.78, 5) is 12.1. The molecule has 1 amide bonds. The standard InChI is InChI=1S/C16H21F3N2O/c1-11(15(22)21-14-6-8-20-9-7-14)10-12-2-4-13(5-3-12)16(17,18)19/h2-5,11,14,20H,6-10H2,1H3,(H,21,22). The Labute approximate surface area is 128 Å². The molecular formula is C16H21F3N2O. The topological polar surface area (TPSA) is 41.1 Å². The molecule has 0 aromatic heterocycles. The minimum absolute atomic E-state index is 0.0354. The van der Waals surface area contributed by atoms with Crippen molar-refractivity contribution >= 4 is 5.91 Å². The van der Waals surface area contributed by atoms with Gasteiger partial charge in [0.05, 0.1) is 5.56 Å².